The van der Waals surface area contributed by atoms with Crippen LogP contribution in [0.25, 0.3) is 0 Å². The maximum Gasteiger partial charge on any atom is 0.246 e. The second-order valence-electron chi connectivity index (χ2n) is 3.94. The van der Waals surface area contributed by atoms with E-state index in [1.54, 1.807) is 0 Å². The van der Waals surface area contributed by atoms with E-state index >= 15 is 0 Å². The molecule has 1 aromatic rings. The Kier molecular flexibility index (Phi) is 5.62. The Morgan fingerprint density at radius 1 is 1.53 bits per heavy atom. The summed E-state index contributed by atoms with van der Waals surface area (Å²) in [4.78, 5) is 15.4. The highest BCUT2D eigenvalue weighted by Crippen LogP contribution is 2.09. The lowest BCUT2D eigenvalue weighted by Crippen LogP contribution is -2.29. The predicted octanol–water partition coefficient (Wildman–Crippen LogP) is 0.888. The molecular formula is C11H19N3O3. The van der Waals surface area contributed by atoms with Gasteiger partial charge in [-0.3, -0.25) is 4.79 Å². The first kappa shape index (κ1) is 13.6. The zero-order valence-electron chi connectivity index (χ0n) is 10.5. The van der Waals surface area contributed by atoms with Crippen molar-refractivity contribution in [1.82, 2.24) is 15.5 Å². The standard InChI is InChI=1S/C11H19N3O3/c1-4-16-7-9(15)12-6-5-10-13-11(8(2)3)14-17-10/h8H,4-7H2,1-3H3,(H,12,15). The molecule has 0 spiro atoms. The minimum absolute atomic E-state index is 0.0948. The molecule has 17 heavy (non-hydrogen) atoms. The molecule has 6 nitrogen and oxygen atoms in total. The second-order valence-corrected chi connectivity index (χ2v) is 3.94. The SMILES string of the molecule is CCOCC(=O)NCCc1nc(C(C)C)no1. The summed E-state index contributed by atoms with van der Waals surface area (Å²) in [5, 5.41) is 6.55. The van der Waals surface area contributed by atoms with Crippen LogP contribution in [0.2, 0.25) is 0 Å². The van der Waals surface area contributed by atoms with Gasteiger partial charge in [0, 0.05) is 25.5 Å². The summed E-state index contributed by atoms with van der Waals surface area (Å²) in [6.45, 7) is 6.95. The van der Waals surface area contributed by atoms with E-state index in [1.165, 1.54) is 0 Å². The molecule has 0 aliphatic heterocycles. The largest absolute Gasteiger partial charge is 0.372 e. The Bertz CT molecular complexity index is 349. The van der Waals surface area contributed by atoms with Crippen molar-refractivity contribution in [3.05, 3.63) is 11.7 Å². The molecule has 0 radical (unpaired) electrons. The molecule has 0 saturated carbocycles. The minimum Gasteiger partial charge on any atom is -0.372 e. The Morgan fingerprint density at radius 2 is 2.29 bits per heavy atom. The van der Waals surface area contributed by atoms with Crippen LogP contribution in [0.15, 0.2) is 4.52 Å². The molecule has 0 aliphatic carbocycles. The van der Waals surface area contributed by atoms with E-state index in [0.717, 1.165) is 0 Å². The first-order valence-electron chi connectivity index (χ1n) is 5.80. The number of hydrogen-bond acceptors (Lipinski definition) is 5. The predicted molar refractivity (Wildman–Crippen MR) is 61.6 cm³/mol. The number of ether oxygens (including phenoxy) is 1. The van der Waals surface area contributed by atoms with Crippen LogP contribution in [0, 0.1) is 0 Å². The van der Waals surface area contributed by atoms with E-state index in [-0.39, 0.29) is 18.4 Å². The summed E-state index contributed by atoms with van der Waals surface area (Å²) in [7, 11) is 0. The Hall–Kier alpha value is -1.43. The van der Waals surface area contributed by atoms with Gasteiger partial charge in [-0.15, -0.1) is 0 Å². The molecule has 0 atom stereocenters. The van der Waals surface area contributed by atoms with E-state index in [4.69, 9.17) is 9.26 Å². The molecule has 1 rings (SSSR count). The highest BCUT2D eigenvalue weighted by atomic mass is 16.5. The summed E-state index contributed by atoms with van der Waals surface area (Å²) in [6, 6.07) is 0. The zero-order chi connectivity index (χ0) is 12.7. The number of rotatable bonds is 7. The molecular weight excluding hydrogens is 222 g/mol. The van der Waals surface area contributed by atoms with Gasteiger partial charge in [0.05, 0.1) is 0 Å². The van der Waals surface area contributed by atoms with Crippen molar-refractivity contribution in [3.8, 4) is 0 Å². The van der Waals surface area contributed by atoms with Crippen LogP contribution in [0.5, 0.6) is 0 Å². The Balaban J connectivity index is 2.23. The number of hydrogen-bond donors (Lipinski definition) is 1. The molecule has 0 fully saturated rings. The molecule has 1 heterocycles. The summed E-state index contributed by atoms with van der Waals surface area (Å²) < 4.78 is 10.0. The summed E-state index contributed by atoms with van der Waals surface area (Å²) in [5.41, 5.74) is 0. The van der Waals surface area contributed by atoms with Gasteiger partial charge in [-0.05, 0) is 6.92 Å². The van der Waals surface area contributed by atoms with Crippen molar-refractivity contribution in [2.75, 3.05) is 19.8 Å². The molecule has 0 bridgehead atoms. The Labute approximate surface area is 101 Å². The lowest BCUT2D eigenvalue weighted by Gasteiger charge is -2.02. The molecule has 0 aromatic carbocycles. The number of carbonyl (C=O) groups excluding carboxylic acids is 1. The quantitative estimate of drug-likeness (QED) is 0.767. The topological polar surface area (TPSA) is 77.2 Å². The summed E-state index contributed by atoms with van der Waals surface area (Å²) in [5.74, 6) is 1.36. The number of amides is 1. The van der Waals surface area contributed by atoms with Gasteiger partial charge in [-0.25, -0.2) is 0 Å². The van der Waals surface area contributed by atoms with Gasteiger partial charge in [0.15, 0.2) is 5.82 Å². The minimum atomic E-state index is -0.129. The second kappa shape index (κ2) is 7.01. The normalized spacial score (nSPS) is 10.8. The van der Waals surface area contributed by atoms with Gasteiger partial charge < -0.3 is 14.6 Å². The fourth-order valence-electron chi connectivity index (χ4n) is 1.16. The van der Waals surface area contributed by atoms with Gasteiger partial charge in [0.25, 0.3) is 0 Å². The smallest absolute Gasteiger partial charge is 0.246 e. The maximum absolute atomic E-state index is 11.2. The monoisotopic (exact) mass is 241 g/mol. The van der Waals surface area contributed by atoms with Gasteiger partial charge >= 0.3 is 0 Å². The van der Waals surface area contributed by atoms with Crippen LogP contribution in [0.1, 0.15) is 38.4 Å². The lowest BCUT2D eigenvalue weighted by molar-refractivity contribution is -0.125. The van der Waals surface area contributed by atoms with Crippen LogP contribution in [-0.2, 0) is 16.0 Å². The molecule has 6 heteroatoms. The van der Waals surface area contributed by atoms with Crippen LogP contribution >= 0.6 is 0 Å². The average molecular weight is 241 g/mol. The Morgan fingerprint density at radius 3 is 2.88 bits per heavy atom. The summed E-state index contributed by atoms with van der Waals surface area (Å²) in [6.07, 6.45) is 0.539. The van der Waals surface area contributed by atoms with Crippen molar-refractivity contribution in [1.29, 1.82) is 0 Å². The third-order valence-corrected chi connectivity index (χ3v) is 2.10. The highest BCUT2D eigenvalue weighted by Gasteiger charge is 2.09. The number of nitrogens with one attached hydrogen (secondary N) is 1. The van der Waals surface area contributed by atoms with Gasteiger partial charge in [-0.2, -0.15) is 4.98 Å². The summed E-state index contributed by atoms with van der Waals surface area (Å²) >= 11 is 0. The third-order valence-electron chi connectivity index (χ3n) is 2.10. The van der Waals surface area contributed by atoms with Gasteiger partial charge in [0.2, 0.25) is 11.8 Å². The van der Waals surface area contributed by atoms with Crippen LogP contribution in [0.4, 0.5) is 0 Å². The zero-order valence-corrected chi connectivity index (χ0v) is 10.5. The highest BCUT2D eigenvalue weighted by molar-refractivity contribution is 5.77. The number of carbonyl (C=O) groups is 1. The van der Waals surface area contributed by atoms with Crippen molar-refractivity contribution in [2.24, 2.45) is 0 Å². The molecule has 1 amide bonds. The molecule has 96 valence electrons. The van der Waals surface area contributed by atoms with Crippen LogP contribution < -0.4 is 5.32 Å². The maximum atomic E-state index is 11.2. The van der Waals surface area contributed by atoms with Crippen molar-refractivity contribution < 1.29 is 14.1 Å². The van der Waals surface area contributed by atoms with Crippen LogP contribution in [-0.4, -0.2) is 35.8 Å². The van der Waals surface area contributed by atoms with E-state index in [1.807, 2.05) is 20.8 Å². The number of aromatic nitrogens is 2. The van der Waals surface area contributed by atoms with Gasteiger partial charge in [0.1, 0.15) is 6.61 Å². The molecule has 1 aromatic heterocycles. The fraction of sp³-hybridized carbons (Fsp3) is 0.727. The first-order valence-corrected chi connectivity index (χ1v) is 5.80. The molecule has 0 aliphatic rings. The van der Waals surface area contributed by atoms with E-state index < -0.39 is 0 Å². The van der Waals surface area contributed by atoms with Gasteiger partial charge in [-0.1, -0.05) is 19.0 Å². The lowest BCUT2D eigenvalue weighted by atomic mass is 10.2. The third kappa shape index (κ3) is 4.95. The van der Waals surface area contributed by atoms with Crippen molar-refractivity contribution in [2.45, 2.75) is 33.1 Å². The van der Waals surface area contributed by atoms with Crippen LogP contribution in [0.3, 0.4) is 0 Å². The van der Waals surface area contributed by atoms with E-state index in [9.17, 15) is 4.79 Å². The first-order chi connectivity index (χ1) is 8.13. The van der Waals surface area contributed by atoms with E-state index in [2.05, 4.69) is 15.5 Å². The number of nitrogens with zero attached hydrogens (tertiary/aromatic N) is 2. The molecule has 0 saturated heterocycles. The van der Waals surface area contributed by atoms with Crippen molar-refractivity contribution >= 4 is 5.91 Å². The fourth-order valence-corrected chi connectivity index (χ4v) is 1.16. The van der Waals surface area contributed by atoms with E-state index in [0.29, 0.717) is 31.3 Å². The van der Waals surface area contributed by atoms with Crippen molar-refractivity contribution in [3.63, 3.8) is 0 Å². The average Bonchev–Trinajstić information content (AvgIpc) is 2.75. The molecule has 1 N–H and O–H groups in total. The molecule has 0 unspecified atom stereocenters.